The van der Waals surface area contributed by atoms with Crippen LogP contribution in [0.5, 0.6) is 0 Å². The SMILES string of the molecule is CN(C)C(=O)C1CNCCN1C(=O)CCc1ccncc1. The lowest BCUT2D eigenvalue weighted by Crippen LogP contribution is -2.59. The molecule has 0 saturated carbocycles. The van der Waals surface area contributed by atoms with Crippen molar-refractivity contribution in [3.05, 3.63) is 30.1 Å². The van der Waals surface area contributed by atoms with E-state index >= 15 is 0 Å². The van der Waals surface area contributed by atoms with Gasteiger partial charge in [0.05, 0.1) is 0 Å². The number of amides is 2. The zero-order chi connectivity index (χ0) is 15.2. The second kappa shape index (κ2) is 7.17. The molecule has 0 spiro atoms. The summed E-state index contributed by atoms with van der Waals surface area (Å²) in [4.78, 5) is 31.8. The van der Waals surface area contributed by atoms with E-state index in [1.807, 2.05) is 12.1 Å². The molecular formula is C15H22N4O2. The third kappa shape index (κ3) is 4.01. The standard InChI is InChI=1S/C15H22N4O2/c1-18(2)15(21)13-11-17-9-10-19(13)14(20)4-3-12-5-7-16-8-6-12/h5-8,13,17H,3-4,9-11H2,1-2H3. The quantitative estimate of drug-likeness (QED) is 0.841. The zero-order valence-corrected chi connectivity index (χ0v) is 12.6. The highest BCUT2D eigenvalue weighted by Crippen LogP contribution is 2.10. The number of pyridine rings is 1. The van der Waals surface area contributed by atoms with Crippen molar-refractivity contribution < 1.29 is 9.59 Å². The highest BCUT2D eigenvalue weighted by atomic mass is 16.2. The van der Waals surface area contributed by atoms with Crippen molar-refractivity contribution in [1.82, 2.24) is 20.1 Å². The molecule has 1 saturated heterocycles. The van der Waals surface area contributed by atoms with Crippen molar-refractivity contribution in [3.63, 3.8) is 0 Å². The van der Waals surface area contributed by atoms with Crippen molar-refractivity contribution >= 4 is 11.8 Å². The highest BCUT2D eigenvalue weighted by Gasteiger charge is 2.32. The molecule has 1 fully saturated rings. The summed E-state index contributed by atoms with van der Waals surface area (Å²) >= 11 is 0. The Labute approximate surface area is 125 Å². The Morgan fingerprint density at radius 1 is 1.38 bits per heavy atom. The molecule has 6 nitrogen and oxygen atoms in total. The molecule has 1 aromatic rings. The lowest BCUT2D eigenvalue weighted by molar-refractivity contribution is -0.145. The van der Waals surface area contributed by atoms with Crippen LogP contribution in [0.3, 0.4) is 0 Å². The van der Waals surface area contributed by atoms with Crippen molar-refractivity contribution in [2.45, 2.75) is 18.9 Å². The first-order chi connectivity index (χ1) is 10.1. The number of nitrogens with zero attached hydrogens (tertiary/aromatic N) is 3. The monoisotopic (exact) mass is 290 g/mol. The van der Waals surface area contributed by atoms with Gasteiger partial charge in [-0.2, -0.15) is 0 Å². The molecule has 1 aromatic heterocycles. The predicted octanol–water partition coefficient (Wildman–Crippen LogP) is -0.0972. The Balaban J connectivity index is 1.97. The molecule has 2 rings (SSSR count). The van der Waals surface area contributed by atoms with E-state index in [0.717, 1.165) is 12.1 Å². The summed E-state index contributed by atoms with van der Waals surface area (Å²) in [5.41, 5.74) is 1.09. The third-order valence-corrected chi connectivity index (χ3v) is 3.67. The number of carbonyl (C=O) groups is 2. The number of rotatable bonds is 4. The van der Waals surface area contributed by atoms with Crippen LogP contribution in [0.25, 0.3) is 0 Å². The van der Waals surface area contributed by atoms with Gasteiger partial charge in [-0.15, -0.1) is 0 Å². The first-order valence-electron chi connectivity index (χ1n) is 7.20. The minimum atomic E-state index is -0.390. The Hall–Kier alpha value is -1.95. The van der Waals surface area contributed by atoms with Gasteiger partial charge in [-0.3, -0.25) is 14.6 Å². The summed E-state index contributed by atoms with van der Waals surface area (Å²) in [5.74, 6) is 0.00738. The average molecular weight is 290 g/mol. The van der Waals surface area contributed by atoms with Gasteiger partial charge < -0.3 is 15.1 Å². The van der Waals surface area contributed by atoms with Gasteiger partial charge in [-0.05, 0) is 24.1 Å². The Morgan fingerprint density at radius 2 is 2.10 bits per heavy atom. The lowest BCUT2D eigenvalue weighted by atomic mass is 10.1. The molecule has 114 valence electrons. The number of aromatic nitrogens is 1. The molecule has 0 bridgehead atoms. The third-order valence-electron chi connectivity index (χ3n) is 3.67. The Morgan fingerprint density at radius 3 is 2.76 bits per heavy atom. The Bertz CT molecular complexity index is 490. The number of piperazine rings is 1. The van der Waals surface area contributed by atoms with Crippen LogP contribution in [-0.4, -0.2) is 66.4 Å². The molecule has 0 radical (unpaired) electrons. The van der Waals surface area contributed by atoms with E-state index in [9.17, 15) is 9.59 Å². The van der Waals surface area contributed by atoms with Crippen LogP contribution in [0.15, 0.2) is 24.5 Å². The smallest absolute Gasteiger partial charge is 0.246 e. The summed E-state index contributed by atoms with van der Waals surface area (Å²) in [5, 5.41) is 3.18. The molecular weight excluding hydrogens is 268 g/mol. The van der Waals surface area contributed by atoms with Crippen molar-refractivity contribution in [2.75, 3.05) is 33.7 Å². The number of hydrogen-bond acceptors (Lipinski definition) is 4. The maximum absolute atomic E-state index is 12.4. The van der Waals surface area contributed by atoms with Gasteiger partial charge in [-0.25, -0.2) is 0 Å². The average Bonchev–Trinajstić information content (AvgIpc) is 2.52. The van der Waals surface area contributed by atoms with Crippen LogP contribution < -0.4 is 5.32 Å². The first kappa shape index (κ1) is 15.4. The molecule has 1 aliphatic heterocycles. The van der Waals surface area contributed by atoms with Crippen LogP contribution in [0.4, 0.5) is 0 Å². The summed E-state index contributed by atoms with van der Waals surface area (Å²) in [7, 11) is 3.44. The van der Waals surface area contributed by atoms with E-state index in [0.29, 0.717) is 25.9 Å². The molecule has 6 heteroatoms. The maximum Gasteiger partial charge on any atom is 0.246 e. The Kier molecular flexibility index (Phi) is 5.27. The number of hydrogen-bond donors (Lipinski definition) is 1. The van der Waals surface area contributed by atoms with Crippen molar-refractivity contribution in [1.29, 1.82) is 0 Å². The normalized spacial score (nSPS) is 18.4. The van der Waals surface area contributed by atoms with Crippen molar-refractivity contribution in [2.24, 2.45) is 0 Å². The van der Waals surface area contributed by atoms with Gasteiger partial charge >= 0.3 is 0 Å². The van der Waals surface area contributed by atoms with E-state index in [-0.39, 0.29) is 11.8 Å². The largest absolute Gasteiger partial charge is 0.347 e. The van der Waals surface area contributed by atoms with Crippen LogP contribution >= 0.6 is 0 Å². The van der Waals surface area contributed by atoms with Gasteiger partial charge in [0.25, 0.3) is 0 Å². The minimum absolute atomic E-state index is 0.0283. The van der Waals surface area contributed by atoms with E-state index in [1.165, 1.54) is 0 Å². The van der Waals surface area contributed by atoms with Gasteiger partial charge in [-0.1, -0.05) is 0 Å². The summed E-state index contributed by atoms with van der Waals surface area (Å²) < 4.78 is 0. The fourth-order valence-corrected chi connectivity index (χ4v) is 2.47. The molecule has 1 unspecified atom stereocenters. The zero-order valence-electron chi connectivity index (χ0n) is 12.6. The summed E-state index contributed by atoms with van der Waals surface area (Å²) in [6, 6.07) is 3.43. The molecule has 0 aromatic carbocycles. The van der Waals surface area contributed by atoms with Gasteiger partial charge in [0.1, 0.15) is 6.04 Å². The van der Waals surface area contributed by atoms with Gasteiger partial charge in [0.2, 0.25) is 11.8 Å². The molecule has 2 amide bonds. The molecule has 2 heterocycles. The summed E-state index contributed by atoms with van der Waals surface area (Å²) in [6.07, 6.45) is 4.54. The molecule has 21 heavy (non-hydrogen) atoms. The second-order valence-electron chi connectivity index (χ2n) is 5.40. The highest BCUT2D eigenvalue weighted by molar-refractivity contribution is 5.88. The van der Waals surface area contributed by atoms with Crippen molar-refractivity contribution in [3.8, 4) is 0 Å². The number of likely N-dealkylation sites (N-methyl/N-ethyl adjacent to an activating group) is 1. The molecule has 1 N–H and O–H groups in total. The van der Waals surface area contributed by atoms with Crippen LogP contribution in [0.1, 0.15) is 12.0 Å². The van der Waals surface area contributed by atoms with E-state index < -0.39 is 6.04 Å². The van der Waals surface area contributed by atoms with Crippen LogP contribution in [-0.2, 0) is 16.0 Å². The van der Waals surface area contributed by atoms with E-state index in [2.05, 4.69) is 10.3 Å². The molecule has 1 aliphatic rings. The van der Waals surface area contributed by atoms with Gasteiger partial charge in [0.15, 0.2) is 0 Å². The first-order valence-corrected chi connectivity index (χ1v) is 7.20. The fourth-order valence-electron chi connectivity index (χ4n) is 2.47. The van der Waals surface area contributed by atoms with Gasteiger partial charge in [0, 0.05) is 52.5 Å². The maximum atomic E-state index is 12.4. The summed E-state index contributed by atoms with van der Waals surface area (Å²) in [6.45, 7) is 1.84. The second-order valence-corrected chi connectivity index (χ2v) is 5.40. The predicted molar refractivity (Wildman–Crippen MR) is 79.6 cm³/mol. The molecule has 1 atom stereocenters. The van der Waals surface area contributed by atoms with E-state index in [4.69, 9.17) is 0 Å². The number of carbonyl (C=O) groups excluding carboxylic acids is 2. The minimum Gasteiger partial charge on any atom is -0.347 e. The fraction of sp³-hybridized carbons (Fsp3) is 0.533. The number of nitrogens with one attached hydrogen (secondary N) is 1. The topological polar surface area (TPSA) is 65.5 Å². The van der Waals surface area contributed by atoms with Crippen LogP contribution in [0, 0.1) is 0 Å². The number of aryl methyl sites for hydroxylation is 1. The lowest BCUT2D eigenvalue weighted by Gasteiger charge is -2.36. The van der Waals surface area contributed by atoms with E-state index in [1.54, 1.807) is 36.3 Å². The molecule has 0 aliphatic carbocycles. The van der Waals surface area contributed by atoms with Crippen LogP contribution in [0.2, 0.25) is 0 Å².